The number of anilines is 1. The van der Waals surface area contributed by atoms with E-state index in [-0.39, 0.29) is 0 Å². The van der Waals surface area contributed by atoms with Crippen molar-refractivity contribution in [2.24, 2.45) is 0 Å². The van der Waals surface area contributed by atoms with Crippen molar-refractivity contribution < 1.29 is 9.84 Å². The summed E-state index contributed by atoms with van der Waals surface area (Å²) in [5.41, 5.74) is 1.57. The Hall–Kier alpha value is -1.22. The van der Waals surface area contributed by atoms with Crippen LogP contribution in [0.2, 0.25) is 0 Å². The average molecular weight is 193 g/mol. The maximum atomic E-state index is 9.85. The van der Waals surface area contributed by atoms with Crippen LogP contribution < -0.4 is 10.1 Å². The van der Waals surface area contributed by atoms with Crippen molar-refractivity contribution in [2.75, 3.05) is 19.0 Å². The Labute approximate surface area is 83.7 Å². The fourth-order valence-electron chi connectivity index (χ4n) is 1.76. The van der Waals surface area contributed by atoms with E-state index >= 15 is 0 Å². The summed E-state index contributed by atoms with van der Waals surface area (Å²) in [6, 6.07) is 5.88. The molecule has 0 bridgehead atoms. The van der Waals surface area contributed by atoms with Gasteiger partial charge in [0.25, 0.3) is 0 Å². The van der Waals surface area contributed by atoms with Crippen molar-refractivity contribution >= 4 is 5.69 Å². The fourth-order valence-corrected chi connectivity index (χ4v) is 1.76. The second kappa shape index (κ2) is 3.17. The van der Waals surface area contributed by atoms with Gasteiger partial charge in [0.2, 0.25) is 0 Å². The lowest BCUT2D eigenvalue weighted by atomic mass is 9.91. The summed E-state index contributed by atoms with van der Waals surface area (Å²) < 4.78 is 5.13. The minimum Gasteiger partial charge on any atom is -0.497 e. The molecule has 0 saturated carbocycles. The molecule has 0 amide bonds. The molecule has 1 aromatic carbocycles. The highest BCUT2D eigenvalue weighted by molar-refractivity contribution is 5.57. The molecule has 0 aliphatic carbocycles. The van der Waals surface area contributed by atoms with Gasteiger partial charge in [0.1, 0.15) is 5.75 Å². The van der Waals surface area contributed by atoms with Crippen molar-refractivity contribution in [1.29, 1.82) is 0 Å². The summed E-state index contributed by atoms with van der Waals surface area (Å²) in [4.78, 5) is 0. The maximum absolute atomic E-state index is 9.85. The summed E-state index contributed by atoms with van der Waals surface area (Å²) in [6.45, 7) is 2.43. The summed E-state index contributed by atoms with van der Waals surface area (Å²) in [6.07, 6.45) is 0.694. The molecule has 1 aliphatic heterocycles. The van der Waals surface area contributed by atoms with Crippen LogP contribution in [0.3, 0.4) is 0 Å². The van der Waals surface area contributed by atoms with E-state index in [1.165, 1.54) is 0 Å². The van der Waals surface area contributed by atoms with Crippen LogP contribution in [0, 0.1) is 0 Å². The normalized spacial score (nSPS) is 25.1. The Morgan fingerprint density at radius 3 is 3.00 bits per heavy atom. The van der Waals surface area contributed by atoms with Gasteiger partial charge in [-0.15, -0.1) is 0 Å². The Balaban J connectivity index is 2.32. The zero-order chi connectivity index (χ0) is 10.2. The molecule has 3 nitrogen and oxygen atoms in total. The molecule has 0 saturated heterocycles. The Morgan fingerprint density at radius 2 is 2.29 bits per heavy atom. The minimum atomic E-state index is -0.637. The molecular weight excluding hydrogens is 178 g/mol. The van der Waals surface area contributed by atoms with E-state index in [0.29, 0.717) is 13.0 Å². The molecule has 0 fully saturated rings. The first kappa shape index (κ1) is 9.34. The third kappa shape index (κ3) is 1.68. The Morgan fingerprint density at radius 1 is 1.50 bits per heavy atom. The second-order valence-corrected chi connectivity index (χ2v) is 4.05. The smallest absolute Gasteiger partial charge is 0.120 e. The van der Waals surface area contributed by atoms with E-state index < -0.39 is 5.60 Å². The molecule has 0 radical (unpaired) electrons. The molecule has 1 aromatic rings. The van der Waals surface area contributed by atoms with Crippen molar-refractivity contribution in [3.05, 3.63) is 23.8 Å². The first-order valence-electron chi connectivity index (χ1n) is 4.74. The summed E-state index contributed by atoms with van der Waals surface area (Å²) in [5.74, 6) is 0.845. The van der Waals surface area contributed by atoms with Crippen molar-refractivity contribution in [3.63, 3.8) is 0 Å². The van der Waals surface area contributed by atoms with Gasteiger partial charge in [-0.3, -0.25) is 0 Å². The van der Waals surface area contributed by atoms with Crippen LogP contribution in [0.4, 0.5) is 5.69 Å². The summed E-state index contributed by atoms with van der Waals surface area (Å²) >= 11 is 0. The van der Waals surface area contributed by atoms with Crippen LogP contribution in [0.1, 0.15) is 12.5 Å². The predicted octanol–water partition coefficient (Wildman–Crippen LogP) is 1.41. The molecule has 0 spiro atoms. The fraction of sp³-hybridized carbons (Fsp3) is 0.455. The van der Waals surface area contributed by atoms with E-state index in [9.17, 15) is 5.11 Å². The van der Waals surface area contributed by atoms with Gasteiger partial charge in [0.05, 0.1) is 12.7 Å². The number of nitrogens with one attached hydrogen (secondary N) is 1. The van der Waals surface area contributed by atoms with Crippen LogP contribution >= 0.6 is 0 Å². The lowest BCUT2D eigenvalue weighted by Gasteiger charge is -2.31. The summed E-state index contributed by atoms with van der Waals surface area (Å²) in [7, 11) is 1.65. The SMILES string of the molecule is COc1ccc2c(c1)NCC(C)(O)C2. The lowest BCUT2D eigenvalue weighted by Crippen LogP contribution is -2.39. The van der Waals surface area contributed by atoms with Gasteiger partial charge in [-0.25, -0.2) is 0 Å². The van der Waals surface area contributed by atoms with Crippen LogP contribution in [0.15, 0.2) is 18.2 Å². The number of β-amino-alcohol motifs (C(OH)–C–C–N with tert-alkyl or cyclic N) is 1. The molecule has 3 heteroatoms. The largest absolute Gasteiger partial charge is 0.497 e. The van der Waals surface area contributed by atoms with Crippen molar-refractivity contribution in [1.82, 2.24) is 0 Å². The van der Waals surface area contributed by atoms with Gasteiger partial charge in [-0.2, -0.15) is 0 Å². The van der Waals surface area contributed by atoms with Gasteiger partial charge >= 0.3 is 0 Å². The van der Waals surface area contributed by atoms with Gasteiger partial charge < -0.3 is 15.2 Å². The van der Waals surface area contributed by atoms with Crippen LogP contribution in [-0.2, 0) is 6.42 Å². The third-order valence-corrected chi connectivity index (χ3v) is 2.55. The zero-order valence-corrected chi connectivity index (χ0v) is 8.50. The molecule has 1 unspecified atom stereocenters. The maximum Gasteiger partial charge on any atom is 0.120 e. The number of aliphatic hydroxyl groups is 1. The molecule has 0 aromatic heterocycles. The molecule has 14 heavy (non-hydrogen) atoms. The number of methoxy groups -OCH3 is 1. The Kier molecular flexibility index (Phi) is 2.11. The van der Waals surface area contributed by atoms with E-state index in [2.05, 4.69) is 5.32 Å². The van der Waals surface area contributed by atoms with Gasteiger partial charge in [0, 0.05) is 24.7 Å². The number of ether oxygens (including phenoxy) is 1. The highest BCUT2D eigenvalue weighted by atomic mass is 16.5. The standard InChI is InChI=1S/C11H15NO2/c1-11(13)6-8-3-4-9(14-2)5-10(8)12-7-11/h3-5,12-13H,6-7H2,1-2H3. The molecular formula is C11H15NO2. The first-order chi connectivity index (χ1) is 6.61. The highest BCUT2D eigenvalue weighted by Crippen LogP contribution is 2.29. The quantitative estimate of drug-likeness (QED) is 0.708. The van der Waals surface area contributed by atoms with E-state index in [0.717, 1.165) is 17.0 Å². The van der Waals surface area contributed by atoms with Crippen LogP contribution in [-0.4, -0.2) is 24.4 Å². The first-order valence-corrected chi connectivity index (χ1v) is 4.74. The molecule has 76 valence electrons. The average Bonchev–Trinajstić information content (AvgIpc) is 2.16. The van der Waals surface area contributed by atoms with Crippen LogP contribution in [0.5, 0.6) is 5.75 Å². The topological polar surface area (TPSA) is 41.5 Å². The molecule has 2 rings (SSSR count). The third-order valence-electron chi connectivity index (χ3n) is 2.55. The van der Waals surface area contributed by atoms with Gasteiger partial charge in [-0.1, -0.05) is 6.07 Å². The van der Waals surface area contributed by atoms with E-state index in [4.69, 9.17) is 4.74 Å². The number of fused-ring (bicyclic) bond motifs is 1. The molecule has 1 aliphatic rings. The van der Waals surface area contributed by atoms with Crippen molar-refractivity contribution in [2.45, 2.75) is 18.9 Å². The lowest BCUT2D eigenvalue weighted by molar-refractivity contribution is 0.0710. The number of hydrogen-bond donors (Lipinski definition) is 2. The number of benzene rings is 1. The Bertz CT molecular complexity index is 347. The predicted molar refractivity (Wildman–Crippen MR) is 55.8 cm³/mol. The zero-order valence-electron chi connectivity index (χ0n) is 8.50. The minimum absolute atomic E-state index is 0.590. The molecule has 2 N–H and O–H groups in total. The second-order valence-electron chi connectivity index (χ2n) is 4.05. The van der Waals surface area contributed by atoms with Gasteiger partial charge in [0.15, 0.2) is 0 Å². The highest BCUT2D eigenvalue weighted by Gasteiger charge is 2.26. The van der Waals surface area contributed by atoms with Crippen molar-refractivity contribution in [3.8, 4) is 5.75 Å². The number of hydrogen-bond acceptors (Lipinski definition) is 3. The van der Waals surface area contributed by atoms with Crippen LogP contribution in [0.25, 0.3) is 0 Å². The molecule has 1 atom stereocenters. The van der Waals surface area contributed by atoms with Gasteiger partial charge in [-0.05, 0) is 18.6 Å². The monoisotopic (exact) mass is 193 g/mol. The number of rotatable bonds is 1. The van der Waals surface area contributed by atoms with E-state index in [1.54, 1.807) is 7.11 Å². The molecule has 1 heterocycles. The van der Waals surface area contributed by atoms with E-state index in [1.807, 2.05) is 25.1 Å². The summed E-state index contributed by atoms with van der Waals surface area (Å²) in [5, 5.41) is 13.1.